The quantitative estimate of drug-likeness (QED) is 0.0904. The van der Waals surface area contributed by atoms with E-state index in [0.717, 1.165) is 80.4 Å². The summed E-state index contributed by atoms with van der Waals surface area (Å²) < 4.78 is 4.59. The van der Waals surface area contributed by atoms with Gasteiger partial charge in [-0.15, -0.1) is 0 Å². The maximum atomic E-state index is 12.9. The predicted molar refractivity (Wildman–Crippen MR) is 330 cm³/mol. The number of nitrogens with one attached hydrogen (secondary N) is 3. The smallest absolute Gasteiger partial charge is 0.259 e. The van der Waals surface area contributed by atoms with E-state index in [0.29, 0.717) is 102 Å². The Labute approximate surface area is 494 Å². The van der Waals surface area contributed by atoms with E-state index in [1.807, 2.05) is 68.4 Å². The van der Waals surface area contributed by atoms with E-state index in [9.17, 15) is 29.4 Å². The van der Waals surface area contributed by atoms with Crippen molar-refractivity contribution in [2.45, 2.75) is 120 Å². The summed E-state index contributed by atoms with van der Waals surface area (Å²) in [5, 5.41) is 34.1. The summed E-state index contributed by atoms with van der Waals surface area (Å²) in [4.78, 5) is 77.0. The Hall–Kier alpha value is -7.61. The van der Waals surface area contributed by atoms with Crippen LogP contribution < -0.4 is 32.6 Å². The summed E-state index contributed by atoms with van der Waals surface area (Å²) in [6, 6.07) is 27.8. The Morgan fingerprint density at radius 1 is 0.446 bits per heavy atom. The van der Waals surface area contributed by atoms with E-state index in [1.54, 1.807) is 76.1 Å². The highest BCUT2D eigenvalue weighted by Gasteiger charge is 2.31. The van der Waals surface area contributed by atoms with Crippen molar-refractivity contribution in [2.75, 3.05) is 16.0 Å². The van der Waals surface area contributed by atoms with Crippen molar-refractivity contribution in [3.05, 3.63) is 156 Å². The van der Waals surface area contributed by atoms with Crippen LogP contribution in [0.3, 0.4) is 0 Å². The van der Waals surface area contributed by atoms with Gasteiger partial charge >= 0.3 is 0 Å². The number of carbonyl (C=O) groups excluding carboxylic acids is 1. The van der Waals surface area contributed by atoms with Crippen molar-refractivity contribution in [3.8, 4) is 33.4 Å². The van der Waals surface area contributed by atoms with Crippen LogP contribution in [0.4, 0.5) is 17.8 Å². The lowest BCUT2D eigenvalue weighted by Crippen LogP contribution is -2.36. The first-order valence-corrected chi connectivity index (χ1v) is 29.0. The van der Waals surface area contributed by atoms with Gasteiger partial charge in [-0.3, -0.25) is 32.9 Å². The molecule has 3 saturated carbocycles. The maximum absolute atomic E-state index is 12.9. The Morgan fingerprint density at radius 2 is 0.723 bits per heavy atom. The molecule has 0 unspecified atom stereocenters. The van der Waals surface area contributed by atoms with Gasteiger partial charge < -0.3 is 26.2 Å². The third-order valence-corrected chi connectivity index (χ3v) is 17.0. The van der Waals surface area contributed by atoms with Crippen molar-refractivity contribution in [1.82, 2.24) is 43.6 Å². The first-order valence-electron chi connectivity index (χ1n) is 27.8. The van der Waals surface area contributed by atoms with Crippen molar-refractivity contribution in [2.24, 2.45) is 21.1 Å². The number of aliphatic hydroxyl groups is 2. The monoisotopic (exact) mass is 1180 g/mol. The van der Waals surface area contributed by atoms with Crippen LogP contribution in [0.1, 0.15) is 90.9 Å². The van der Waals surface area contributed by atoms with Gasteiger partial charge in [0, 0.05) is 135 Å². The van der Waals surface area contributed by atoms with Crippen molar-refractivity contribution >= 4 is 91.5 Å². The molecule has 83 heavy (non-hydrogen) atoms. The second kappa shape index (κ2) is 24.7. The minimum absolute atomic E-state index is 0.154. The molecule has 6 aromatic heterocycles. The van der Waals surface area contributed by atoms with E-state index >= 15 is 0 Å². The van der Waals surface area contributed by atoms with Crippen LogP contribution in [0.25, 0.3) is 66.5 Å². The zero-order chi connectivity index (χ0) is 58.7. The number of benzene rings is 3. The first-order chi connectivity index (χ1) is 39.7. The lowest BCUT2D eigenvalue weighted by atomic mass is 9.84. The number of carbonyl (C=O) groups is 1. The molecule has 6 heterocycles. The maximum Gasteiger partial charge on any atom is 0.259 e. The Kier molecular flexibility index (Phi) is 17.4. The molecule has 3 aliphatic rings. The van der Waals surface area contributed by atoms with Crippen molar-refractivity contribution in [3.63, 3.8) is 0 Å². The molecule has 430 valence electrons. The third-order valence-electron chi connectivity index (χ3n) is 16.0. The number of hydrogen-bond acceptors (Lipinski definition) is 15. The highest BCUT2D eigenvalue weighted by atomic mass is 35.5. The molecule has 0 aliphatic heterocycles. The van der Waals surface area contributed by atoms with Crippen molar-refractivity contribution in [1.29, 1.82) is 0 Å². The van der Waals surface area contributed by atoms with Crippen LogP contribution in [-0.2, 0) is 25.9 Å². The predicted octanol–water partition coefficient (Wildman–Crippen LogP) is 11.1. The van der Waals surface area contributed by atoms with E-state index < -0.39 is 11.2 Å². The lowest BCUT2D eigenvalue weighted by molar-refractivity contribution is -0.120. The van der Waals surface area contributed by atoms with Gasteiger partial charge in [-0.05, 0) is 114 Å². The number of rotatable bonds is 9. The summed E-state index contributed by atoms with van der Waals surface area (Å²) in [6.45, 7) is 3.75. The molecule has 0 amide bonds. The number of pyridine rings is 3. The zero-order valence-electron chi connectivity index (χ0n) is 46.8. The first kappa shape index (κ1) is 58.6. The van der Waals surface area contributed by atoms with E-state index in [4.69, 9.17) is 34.8 Å². The number of fused-ring (bicyclic) bond motifs is 3. The van der Waals surface area contributed by atoms with Crippen molar-refractivity contribution < 1.29 is 15.0 Å². The minimum Gasteiger partial charge on any atom is -0.390 e. The number of halogens is 3. The van der Waals surface area contributed by atoms with Gasteiger partial charge in [0.15, 0.2) is 0 Å². The van der Waals surface area contributed by atoms with Gasteiger partial charge in [-0.25, -0.2) is 15.0 Å². The van der Waals surface area contributed by atoms with Gasteiger partial charge in [0.2, 0.25) is 17.8 Å². The largest absolute Gasteiger partial charge is 0.390 e. The molecular formula is C62H65Cl3N12O6. The zero-order valence-corrected chi connectivity index (χ0v) is 49.1. The molecule has 3 aromatic carbocycles. The number of anilines is 3. The molecule has 0 radical (unpaired) electrons. The Bertz CT molecular complexity index is 3910. The van der Waals surface area contributed by atoms with Gasteiger partial charge in [-0.2, -0.15) is 15.0 Å². The number of Topliss-reactive ketones (excluding diaryl/α,β-unsaturated/α-hetero) is 1. The molecule has 3 aliphatic carbocycles. The molecule has 0 spiro atoms. The summed E-state index contributed by atoms with van der Waals surface area (Å²) in [7, 11) is 5.11. The fraction of sp³-hybridized carbons (Fsp3) is 0.355. The van der Waals surface area contributed by atoms with E-state index in [-0.39, 0.29) is 34.8 Å². The van der Waals surface area contributed by atoms with Gasteiger partial charge in [-0.1, -0.05) is 89.4 Å². The molecule has 5 N–H and O–H groups in total. The minimum atomic E-state index is -0.582. The summed E-state index contributed by atoms with van der Waals surface area (Å²) in [5.74, 6) is 1.78. The molecule has 0 bridgehead atoms. The fourth-order valence-electron chi connectivity index (χ4n) is 11.0. The molecule has 0 saturated heterocycles. The van der Waals surface area contributed by atoms with Crippen LogP contribution in [0.2, 0.25) is 15.1 Å². The molecule has 21 heteroatoms. The van der Waals surface area contributed by atoms with Crippen LogP contribution in [0.5, 0.6) is 0 Å². The summed E-state index contributed by atoms with van der Waals surface area (Å²) in [6.07, 6.45) is 14.3. The number of aromatic nitrogens is 9. The second-order valence-electron chi connectivity index (χ2n) is 22.4. The number of nitrogens with zero attached hydrogens (tertiary/aromatic N) is 9. The van der Waals surface area contributed by atoms with Crippen LogP contribution in [0.15, 0.2) is 124 Å². The molecular weight excluding hydrogens is 1120 g/mol. The van der Waals surface area contributed by atoms with Crippen LogP contribution >= 0.6 is 34.8 Å². The second-order valence-corrected chi connectivity index (χ2v) is 23.6. The standard InChI is InChI=1S/2C21H23ClN4O2.C20H19ClN4O2/c2*1-21(28)9-7-14(8-10-21)24-20-23-12-13-11-16(15-5-3-4-6-17(15)22)19(27)26(2)18(13)25-20;1-25-18-12(10-16(19(25)27)15-4-2-3-5-17(15)21)11-22-20(24-18)23-13-6-8-14(26)9-7-13/h2*3-6,11-12,14,28H,7-10H2,1-2H3,(H,23,24,25);2-5,10-11,13H,6-9H2,1H3,(H,22,23,24). The summed E-state index contributed by atoms with van der Waals surface area (Å²) in [5.41, 5.74) is 3.72. The molecule has 9 aromatic rings. The molecule has 0 atom stereocenters. The topological polar surface area (TPSA) is 237 Å². The van der Waals surface area contributed by atoms with Gasteiger partial charge in [0.25, 0.3) is 16.7 Å². The average molecular weight is 1180 g/mol. The third kappa shape index (κ3) is 13.4. The number of ketones is 1. The Morgan fingerprint density at radius 3 is 1.01 bits per heavy atom. The van der Waals surface area contributed by atoms with Crippen LogP contribution in [0, 0.1) is 0 Å². The average Bonchev–Trinajstić information content (AvgIpc) is 3.65. The van der Waals surface area contributed by atoms with E-state index in [1.165, 1.54) is 13.7 Å². The Balaban J connectivity index is 0.000000139. The molecule has 18 nitrogen and oxygen atoms in total. The van der Waals surface area contributed by atoms with Gasteiger partial charge in [0.05, 0.1) is 11.2 Å². The SMILES string of the molecule is Cn1c(=O)c(-c2ccccc2Cl)cc2cnc(NC3CCC(=O)CC3)nc21.Cn1c(=O)c(-c2ccccc2Cl)cc2cnc(NC3CCC(C)(O)CC3)nc21.Cn1c(=O)c(-c2ccccc2Cl)cc2cnc(NC3CCC(C)(O)CC3)nc21. The number of aryl methyl sites for hydroxylation is 3. The highest BCUT2D eigenvalue weighted by Crippen LogP contribution is 2.33. The van der Waals surface area contributed by atoms with E-state index in [2.05, 4.69) is 45.9 Å². The molecule has 3 fully saturated rings. The number of hydrogen-bond donors (Lipinski definition) is 5. The van der Waals surface area contributed by atoms with Gasteiger partial charge in [0.1, 0.15) is 22.7 Å². The molecule has 12 rings (SSSR count). The summed E-state index contributed by atoms with van der Waals surface area (Å²) >= 11 is 18.8. The fourth-order valence-corrected chi connectivity index (χ4v) is 11.7. The van der Waals surface area contributed by atoms with Crippen LogP contribution in [-0.4, -0.2) is 88.9 Å². The normalized spacial score (nSPS) is 20.0. The lowest BCUT2D eigenvalue weighted by Gasteiger charge is -2.33. The highest BCUT2D eigenvalue weighted by molar-refractivity contribution is 6.34.